The molecule has 2 atom stereocenters. The van der Waals surface area contributed by atoms with Crippen LogP contribution in [-0.4, -0.2) is 48.5 Å². The van der Waals surface area contributed by atoms with Crippen molar-refractivity contribution in [1.29, 1.82) is 0 Å². The van der Waals surface area contributed by atoms with E-state index in [1.165, 1.54) is 0 Å². The second-order valence-electron chi connectivity index (χ2n) is 6.64. The Morgan fingerprint density at radius 2 is 1.85 bits per heavy atom. The first kappa shape index (κ1) is 20.4. The normalized spacial score (nSPS) is 13.8. The van der Waals surface area contributed by atoms with Gasteiger partial charge in [-0.05, 0) is 49.4 Å². The topological polar surface area (TPSA) is 108 Å². The van der Waals surface area contributed by atoms with Gasteiger partial charge in [-0.15, -0.1) is 5.10 Å². The number of aromatic nitrogens is 3. The van der Waals surface area contributed by atoms with Gasteiger partial charge in [0.25, 0.3) is 0 Å². The molecule has 1 aromatic heterocycles. The van der Waals surface area contributed by atoms with Crippen LogP contribution in [0.25, 0.3) is 5.69 Å². The molecular weight excluding hydrogens is 358 g/mol. The molecule has 0 saturated heterocycles. The molecule has 0 bridgehead atoms. The number of rotatable bonds is 9. The number of nitrogens with zero attached hydrogens (tertiary/aromatic N) is 3. The summed E-state index contributed by atoms with van der Waals surface area (Å²) < 4.78 is 1.73. The predicted molar refractivity (Wildman–Crippen MR) is 97.7 cm³/mol. The molecule has 0 aliphatic rings. The summed E-state index contributed by atoms with van der Waals surface area (Å²) in [6.07, 6.45) is -1.35. The van der Waals surface area contributed by atoms with Crippen LogP contribution < -0.4 is 0 Å². The highest BCUT2D eigenvalue weighted by Crippen LogP contribution is 2.23. The lowest BCUT2D eigenvalue weighted by atomic mass is 10.0. The Kier molecular flexibility index (Phi) is 7.14. The third kappa shape index (κ3) is 5.52. The van der Waals surface area contributed by atoms with Crippen molar-refractivity contribution in [2.24, 2.45) is 0 Å². The molecule has 26 heavy (non-hydrogen) atoms. The summed E-state index contributed by atoms with van der Waals surface area (Å²) in [6.45, 7) is 4.04. The van der Waals surface area contributed by atoms with E-state index in [1.54, 1.807) is 16.8 Å². The van der Waals surface area contributed by atoms with Gasteiger partial charge in [0, 0.05) is 5.02 Å². The third-order valence-electron chi connectivity index (χ3n) is 4.08. The summed E-state index contributed by atoms with van der Waals surface area (Å²) in [5.74, 6) is -0.919. The fourth-order valence-electron chi connectivity index (χ4n) is 2.81. The molecule has 0 radical (unpaired) electrons. The van der Waals surface area contributed by atoms with Crippen LogP contribution in [0.5, 0.6) is 0 Å². The van der Waals surface area contributed by atoms with E-state index in [-0.39, 0.29) is 18.8 Å². The van der Waals surface area contributed by atoms with Gasteiger partial charge in [-0.3, -0.25) is 4.79 Å². The molecule has 8 heteroatoms. The van der Waals surface area contributed by atoms with Gasteiger partial charge in [0.05, 0.1) is 35.7 Å². The van der Waals surface area contributed by atoms with Crippen LogP contribution in [0.3, 0.4) is 0 Å². The first-order chi connectivity index (χ1) is 12.3. The zero-order valence-corrected chi connectivity index (χ0v) is 15.6. The summed E-state index contributed by atoms with van der Waals surface area (Å²) in [5.41, 5.74) is 2.55. The van der Waals surface area contributed by atoms with E-state index < -0.39 is 18.2 Å². The number of benzene rings is 1. The fourth-order valence-corrected chi connectivity index (χ4v) is 2.93. The van der Waals surface area contributed by atoms with Gasteiger partial charge in [0.15, 0.2) is 0 Å². The van der Waals surface area contributed by atoms with Crippen molar-refractivity contribution in [3.63, 3.8) is 0 Å². The summed E-state index contributed by atoms with van der Waals surface area (Å²) >= 11 is 5.94. The molecule has 3 N–H and O–H groups in total. The molecule has 2 unspecified atom stereocenters. The second-order valence-corrected chi connectivity index (χ2v) is 7.08. The molecule has 142 valence electrons. The highest BCUT2D eigenvalue weighted by Gasteiger charge is 2.20. The first-order valence-corrected chi connectivity index (χ1v) is 8.94. The van der Waals surface area contributed by atoms with E-state index >= 15 is 0 Å². The Balaban J connectivity index is 2.13. The average Bonchev–Trinajstić information content (AvgIpc) is 2.96. The Hall–Kier alpha value is -1.96. The third-order valence-corrected chi connectivity index (χ3v) is 4.33. The maximum Gasteiger partial charge on any atom is 0.305 e. The zero-order chi connectivity index (χ0) is 19.3. The molecule has 2 rings (SSSR count). The molecule has 0 amide bonds. The van der Waals surface area contributed by atoms with Crippen LogP contribution in [-0.2, 0) is 11.2 Å². The monoisotopic (exact) mass is 381 g/mol. The smallest absolute Gasteiger partial charge is 0.305 e. The van der Waals surface area contributed by atoms with Gasteiger partial charge in [-0.1, -0.05) is 30.7 Å². The van der Waals surface area contributed by atoms with Crippen LogP contribution >= 0.6 is 11.6 Å². The summed E-state index contributed by atoms with van der Waals surface area (Å²) in [5, 5.41) is 37.6. The molecule has 0 spiro atoms. The number of carboxylic acid groups (broad SMARTS) is 1. The Bertz CT molecular complexity index is 731. The lowest BCUT2D eigenvalue weighted by molar-refractivity contribution is -0.139. The quantitative estimate of drug-likeness (QED) is 0.616. The van der Waals surface area contributed by atoms with Crippen molar-refractivity contribution >= 4 is 17.6 Å². The number of aliphatic hydroxyl groups excluding tert-OH is 2. The lowest BCUT2D eigenvalue weighted by Crippen LogP contribution is -2.21. The maximum absolute atomic E-state index is 10.6. The van der Waals surface area contributed by atoms with Gasteiger partial charge in [0.1, 0.15) is 0 Å². The molecule has 0 aliphatic heterocycles. The number of carbonyl (C=O) groups is 1. The minimum absolute atomic E-state index is 0.0197. The van der Waals surface area contributed by atoms with E-state index in [9.17, 15) is 15.0 Å². The van der Waals surface area contributed by atoms with Gasteiger partial charge >= 0.3 is 5.97 Å². The van der Waals surface area contributed by atoms with Crippen LogP contribution in [0.2, 0.25) is 5.02 Å². The summed E-state index contributed by atoms with van der Waals surface area (Å²) in [7, 11) is 0. The molecular formula is C18H24ClN3O4. The zero-order valence-electron chi connectivity index (χ0n) is 14.8. The minimum Gasteiger partial charge on any atom is -0.481 e. The van der Waals surface area contributed by atoms with Crippen LogP contribution in [0.1, 0.15) is 50.4 Å². The first-order valence-electron chi connectivity index (χ1n) is 8.56. The van der Waals surface area contributed by atoms with Crippen molar-refractivity contribution in [2.45, 2.75) is 57.7 Å². The standard InChI is InChI=1S/C18H24ClN3O4/c1-11(2)18-16(8-7-14(23)9-15(24)10-17(25)26)22(21-20-18)13-5-3-12(19)4-6-13/h3-6,11,14-15,23-24H,7-10H2,1-2H3,(H,25,26). The van der Waals surface area contributed by atoms with Gasteiger partial charge in [0.2, 0.25) is 0 Å². The van der Waals surface area contributed by atoms with E-state index in [0.29, 0.717) is 17.9 Å². The predicted octanol–water partition coefficient (Wildman–Crippen LogP) is 2.56. The maximum atomic E-state index is 10.6. The minimum atomic E-state index is -1.09. The Morgan fingerprint density at radius 3 is 2.42 bits per heavy atom. The van der Waals surface area contributed by atoms with Crippen molar-refractivity contribution in [3.05, 3.63) is 40.7 Å². The SMILES string of the molecule is CC(C)c1nnn(-c2ccc(Cl)cc2)c1CCC(O)CC(O)CC(=O)O. The van der Waals surface area contributed by atoms with Crippen molar-refractivity contribution in [2.75, 3.05) is 0 Å². The fraction of sp³-hybridized carbons (Fsp3) is 0.500. The Labute approximate surface area is 157 Å². The van der Waals surface area contributed by atoms with Crippen LogP contribution in [0, 0.1) is 0 Å². The summed E-state index contributed by atoms with van der Waals surface area (Å²) in [6, 6.07) is 7.23. The van der Waals surface area contributed by atoms with Gasteiger partial charge < -0.3 is 15.3 Å². The molecule has 0 aliphatic carbocycles. The summed E-state index contributed by atoms with van der Waals surface area (Å²) in [4.78, 5) is 10.6. The molecule has 1 aromatic carbocycles. The molecule has 2 aromatic rings. The van der Waals surface area contributed by atoms with E-state index in [1.807, 2.05) is 26.0 Å². The highest BCUT2D eigenvalue weighted by atomic mass is 35.5. The molecule has 0 saturated carbocycles. The average molecular weight is 382 g/mol. The largest absolute Gasteiger partial charge is 0.481 e. The van der Waals surface area contributed by atoms with E-state index in [4.69, 9.17) is 16.7 Å². The number of aliphatic carboxylic acids is 1. The highest BCUT2D eigenvalue weighted by molar-refractivity contribution is 6.30. The Morgan fingerprint density at radius 1 is 1.19 bits per heavy atom. The molecule has 7 nitrogen and oxygen atoms in total. The number of carboxylic acids is 1. The number of hydrogen-bond donors (Lipinski definition) is 3. The van der Waals surface area contributed by atoms with Gasteiger partial charge in [-0.25, -0.2) is 4.68 Å². The number of hydrogen-bond acceptors (Lipinski definition) is 5. The van der Waals surface area contributed by atoms with Crippen LogP contribution in [0.4, 0.5) is 0 Å². The second kappa shape index (κ2) is 9.12. The lowest BCUT2D eigenvalue weighted by Gasteiger charge is -2.15. The van der Waals surface area contributed by atoms with Gasteiger partial charge in [-0.2, -0.15) is 0 Å². The van der Waals surface area contributed by atoms with Crippen molar-refractivity contribution < 1.29 is 20.1 Å². The molecule has 1 heterocycles. The van der Waals surface area contributed by atoms with E-state index in [0.717, 1.165) is 17.1 Å². The van der Waals surface area contributed by atoms with E-state index in [2.05, 4.69) is 10.3 Å². The van der Waals surface area contributed by atoms with Crippen molar-refractivity contribution in [3.8, 4) is 5.69 Å². The number of halogens is 1. The van der Waals surface area contributed by atoms with Crippen molar-refractivity contribution in [1.82, 2.24) is 15.0 Å². The van der Waals surface area contributed by atoms with Crippen LogP contribution in [0.15, 0.2) is 24.3 Å². The molecule has 0 fully saturated rings. The number of aliphatic hydroxyl groups is 2.